The molecule has 3 aliphatic rings. The number of rotatable bonds is 4. The topological polar surface area (TPSA) is 64.2 Å². The largest absolute Gasteiger partial charge is 0.340 e. The van der Waals surface area contributed by atoms with Crippen molar-refractivity contribution in [3.8, 4) is 0 Å². The van der Waals surface area contributed by atoms with Crippen LogP contribution in [0.15, 0.2) is 24.3 Å². The van der Waals surface area contributed by atoms with Gasteiger partial charge in [-0.3, -0.25) is 19.3 Å². The lowest BCUT2D eigenvalue weighted by Gasteiger charge is -2.38. The molecule has 1 aromatic rings. The van der Waals surface area contributed by atoms with Crippen LogP contribution in [-0.2, 0) is 14.4 Å². The van der Waals surface area contributed by atoms with Gasteiger partial charge in [-0.05, 0) is 38.3 Å². The van der Waals surface area contributed by atoms with Gasteiger partial charge in [-0.2, -0.15) is 0 Å². The second kappa shape index (κ2) is 9.34. The van der Waals surface area contributed by atoms with Crippen LogP contribution in [0, 0.1) is 11.7 Å². The van der Waals surface area contributed by atoms with Gasteiger partial charge in [0.25, 0.3) is 0 Å². The summed E-state index contributed by atoms with van der Waals surface area (Å²) in [6.45, 7) is 5.96. The number of piperazine rings is 1. The van der Waals surface area contributed by atoms with Crippen molar-refractivity contribution < 1.29 is 18.8 Å². The molecule has 31 heavy (non-hydrogen) atoms. The number of hydrogen-bond donors (Lipinski definition) is 0. The number of anilines is 1. The molecular weight excluding hydrogens is 399 g/mol. The van der Waals surface area contributed by atoms with Crippen molar-refractivity contribution in [3.05, 3.63) is 30.1 Å². The van der Waals surface area contributed by atoms with Gasteiger partial charge < -0.3 is 14.7 Å². The SMILES string of the molecule is CC1CCCCN1C(=O)CN1CCN(C(=O)C2CC(=O)N(c3ccccc3F)C2)CC1. The van der Waals surface area contributed by atoms with Crippen molar-refractivity contribution in [2.24, 2.45) is 5.92 Å². The maximum absolute atomic E-state index is 14.1. The molecule has 2 unspecified atom stereocenters. The minimum absolute atomic E-state index is 0.0529. The van der Waals surface area contributed by atoms with Gasteiger partial charge >= 0.3 is 0 Å². The van der Waals surface area contributed by atoms with Crippen LogP contribution in [-0.4, -0.2) is 84.3 Å². The van der Waals surface area contributed by atoms with Gasteiger partial charge in [0, 0.05) is 51.7 Å². The van der Waals surface area contributed by atoms with Gasteiger partial charge in [0.05, 0.1) is 18.2 Å². The van der Waals surface area contributed by atoms with E-state index in [1.54, 1.807) is 23.1 Å². The van der Waals surface area contributed by atoms with Crippen LogP contribution in [0.25, 0.3) is 0 Å². The summed E-state index contributed by atoms with van der Waals surface area (Å²) in [5.41, 5.74) is 0.234. The van der Waals surface area contributed by atoms with E-state index >= 15 is 0 Å². The molecule has 3 aliphatic heterocycles. The van der Waals surface area contributed by atoms with Crippen LogP contribution in [0.5, 0.6) is 0 Å². The molecule has 3 amide bonds. The quantitative estimate of drug-likeness (QED) is 0.730. The summed E-state index contributed by atoms with van der Waals surface area (Å²) >= 11 is 0. The zero-order valence-electron chi connectivity index (χ0n) is 18.1. The molecule has 0 aromatic heterocycles. The van der Waals surface area contributed by atoms with Gasteiger partial charge in [-0.25, -0.2) is 4.39 Å². The number of carbonyl (C=O) groups excluding carboxylic acids is 3. The van der Waals surface area contributed by atoms with Gasteiger partial charge in [-0.1, -0.05) is 12.1 Å². The maximum atomic E-state index is 14.1. The van der Waals surface area contributed by atoms with Crippen LogP contribution >= 0.6 is 0 Å². The van der Waals surface area contributed by atoms with Crippen molar-refractivity contribution >= 4 is 23.4 Å². The Labute approximate surface area is 182 Å². The number of benzene rings is 1. The molecule has 2 atom stereocenters. The zero-order chi connectivity index (χ0) is 22.0. The first-order valence-electron chi connectivity index (χ1n) is 11.3. The molecule has 8 heteroatoms. The van der Waals surface area contributed by atoms with E-state index in [4.69, 9.17) is 0 Å². The first kappa shape index (κ1) is 21.7. The molecule has 168 valence electrons. The molecule has 0 radical (unpaired) electrons. The lowest BCUT2D eigenvalue weighted by molar-refractivity contribution is -0.139. The van der Waals surface area contributed by atoms with Gasteiger partial charge in [0.2, 0.25) is 17.7 Å². The molecule has 3 heterocycles. The van der Waals surface area contributed by atoms with Gasteiger partial charge in [-0.15, -0.1) is 0 Å². The Morgan fingerprint density at radius 1 is 1.06 bits per heavy atom. The van der Waals surface area contributed by atoms with Crippen molar-refractivity contribution in [3.63, 3.8) is 0 Å². The molecule has 3 fully saturated rings. The van der Waals surface area contributed by atoms with E-state index in [9.17, 15) is 18.8 Å². The summed E-state index contributed by atoms with van der Waals surface area (Å²) in [5.74, 6) is -1.00. The fourth-order valence-electron chi connectivity index (χ4n) is 4.91. The summed E-state index contributed by atoms with van der Waals surface area (Å²) < 4.78 is 14.1. The minimum atomic E-state index is -0.453. The fraction of sp³-hybridized carbons (Fsp3) is 0.609. The minimum Gasteiger partial charge on any atom is -0.340 e. The highest BCUT2D eigenvalue weighted by molar-refractivity contribution is 6.00. The summed E-state index contributed by atoms with van der Waals surface area (Å²) in [4.78, 5) is 45.3. The van der Waals surface area contributed by atoms with Crippen LogP contribution in [0.2, 0.25) is 0 Å². The van der Waals surface area contributed by atoms with Gasteiger partial charge in [0.1, 0.15) is 5.82 Å². The van der Waals surface area contributed by atoms with E-state index in [0.29, 0.717) is 38.8 Å². The molecule has 0 aliphatic carbocycles. The fourth-order valence-corrected chi connectivity index (χ4v) is 4.91. The first-order valence-corrected chi connectivity index (χ1v) is 11.3. The first-order chi connectivity index (χ1) is 14.9. The Morgan fingerprint density at radius 3 is 2.52 bits per heavy atom. The molecule has 7 nitrogen and oxygen atoms in total. The van der Waals surface area contributed by atoms with Crippen molar-refractivity contribution in [2.45, 2.75) is 38.6 Å². The summed E-state index contributed by atoms with van der Waals surface area (Å²) in [6.07, 6.45) is 3.43. The van der Waals surface area contributed by atoms with E-state index in [2.05, 4.69) is 11.8 Å². The third-order valence-electron chi connectivity index (χ3n) is 6.78. The second-order valence-corrected chi connectivity index (χ2v) is 8.89. The Morgan fingerprint density at radius 2 is 1.81 bits per heavy atom. The molecule has 0 bridgehead atoms. The maximum Gasteiger partial charge on any atom is 0.236 e. The number of piperidine rings is 1. The lowest BCUT2D eigenvalue weighted by Crippen LogP contribution is -2.54. The van der Waals surface area contributed by atoms with Crippen molar-refractivity contribution in [2.75, 3.05) is 50.7 Å². The summed E-state index contributed by atoms with van der Waals surface area (Å²) in [7, 11) is 0. The number of carbonyl (C=O) groups is 3. The molecule has 0 saturated carbocycles. The highest BCUT2D eigenvalue weighted by Crippen LogP contribution is 2.28. The van der Waals surface area contributed by atoms with Crippen LogP contribution in [0.4, 0.5) is 10.1 Å². The monoisotopic (exact) mass is 430 g/mol. The average molecular weight is 431 g/mol. The van der Waals surface area contributed by atoms with Gasteiger partial charge in [0.15, 0.2) is 0 Å². The lowest BCUT2D eigenvalue weighted by atomic mass is 10.0. The average Bonchev–Trinajstić information content (AvgIpc) is 3.15. The molecule has 4 rings (SSSR count). The Balaban J connectivity index is 1.28. The van der Waals surface area contributed by atoms with E-state index in [1.807, 2.05) is 4.90 Å². The summed E-state index contributed by atoms with van der Waals surface area (Å²) in [5, 5.41) is 0. The number of hydrogen-bond acceptors (Lipinski definition) is 4. The zero-order valence-corrected chi connectivity index (χ0v) is 18.1. The predicted octanol–water partition coefficient (Wildman–Crippen LogP) is 1.72. The normalized spacial score (nSPS) is 25.2. The van der Waals surface area contributed by atoms with Crippen LogP contribution < -0.4 is 4.90 Å². The number of para-hydroxylation sites is 1. The van der Waals surface area contributed by atoms with Crippen molar-refractivity contribution in [1.29, 1.82) is 0 Å². The van der Waals surface area contributed by atoms with E-state index in [1.165, 1.54) is 17.4 Å². The molecule has 0 N–H and O–H groups in total. The number of amides is 3. The van der Waals surface area contributed by atoms with E-state index < -0.39 is 11.7 Å². The molecule has 1 aromatic carbocycles. The standard InChI is InChI=1S/C23H31FN4O3/c1-17-6-4-5-9-27(17)22(30)16-25-10-12-26(13-11-25)23(31)18-14-21(29)28(15-18)20-8-3-2-7-19(20)24/h2-3,7-8,17-18H,4-6,9-16H2,1H3. The van der Waals surface area contributed by atoms with Crippen LogP contribution in [0.1, 0.15) is 32.6 Å². The number of nitrogens with zero attached hydrogens (tertiary/aromatic N) is 4. The number of halogens is 1. The van der Waals surface area contributed by atoms with E-state index in [0.717, 1.165) is 19.4 Å². The van der Waals surface area contributed by atoms with Crippen molar-refractivity contribution in [1.82, 2.24) is 14.7 Å². The molecular formula is C23H31FN4O3. The predicted molar refractivity (Wildman–Crippen MR) is 115 cm³/mol. The van der Waals surface area contributed by atoms with Crippen LogP contribution in [0.3, 0.4) is 0 Å². The highest BCUT2D eigenvalue weighted by Gasteiger charge is 2.39. The summed E-state index contributed by atoms with van der Waals surface area (Å²) in [6, 6.07) is 6.47. The molecule has 3 saturated heterocycles. The Hall–Kier alpha value is -2.48. The Kier molecular flexibility index (Phi) is 6.55. The second-order valence-electron chi connectivity index (χ2n) is 8.89. The third kappa shape index (κ3) is 4.74. The Bertz CT molecular complexity index is 840. The van der Waals surface area contributed by atoms with E-state index in [-0.39, 0.29) is 36.4 Å². The molecule has 0 spiro atoms. The number of likely N-dealkylation sites (tertiary alicyclic amines) is 1. The smallest absolute Gasteiger partial charge is 0.236 e. The third-order valence-corrected chi connectivity index (χ3v) is 6.78. The highest BCUT2D eigenvalue weighted by atomic mass is 19.1.